The third-order valence-electron chi connectivity index (χ3n) is 3.28. The van der Waals surface area contributed by atoms with E-state index in [4.69, 9.17) is 9.26 Å². The van der Waals surface area contributed by atoms with Crippen LogP contribution in [0.2, 0.25) is 0 Å². The van der Waals surface area contributed by atoms with Crippen molar-refractivity contribution < 1.29 is 14.1 Å². The number of methoxy groups -OCH3 is 1. The normalized spacial score (nSPS) is 11.8. The van der Waals surface area contributed by atoms with Crippen LogP contribution in [0.1, 0.15) is 12.6 Å². The minimum absolute atomic E-state index is 0.194. The first-order valence-electron chi connectivity index (χ1n) is 7.69. The van der Waals surface area contributed by atoms with Gasteiger partial charge in [-0.3, -0.25) is 10.1 Å². The van der Waals surface area contributed by atoms with Crippen LogP contribution in [0, 0.1) is 6.92 Å². The molecule has 1 atom stereocenters. The molecule has 1 amide bonds. The molecule has 0 saturated carbocycles. The third kappa shape index (κ3) is 4.52. The van der Waals surface area contributed by atoms with Gasteiger partial charge >= 0.3 is 0 Å². The van der Waals surface area contributed by atoms with Gasteiger partial charge in [-0.05, 0) is 26.0 Å². The monoisotopic (exact) mass is 391 g/mol. The summed E-state index contributed by atoms with van der Waals surface area (Å²) in [6.07, 6.45) is 0. The van der Waals surface area contributed by atoms with Crippen LogP contribution in [0.4, 0.5) is 16.7 Å². The maximum Gasteiger partial charge on any atom is 0.240 e. The molecule has 0 bridgehead atoms. The van der Waals surface area contributed by atoms with Crippen LogP contribution in [0.3, 0.4) is 0 Å². The highest BCUT2D eigenvalue weighted by molar-refractivity contribution is 8.02. The highest BCUT2D eigenvalue weighted by atomic mass is 32.2. The van der Waals surface area contributed by atoms with E-state index in [-0.39, 0.29) is 11.2 Å². The number of rotatable bonds is 7. The number of nitrogens with one attached hydrogen (secondary N) is 2. The molecule has 0 radical (unpaired) electrons. The number of hydrogen-bond donors (Lipinski definition) is 2. The molecule has 3 rings (SSSR count). The van der Waals surface area contributed by atoms with Crippen LogP contribution in [0.5, 0.6) is 5.75 Å². The predicted octanol–water partition coefficient (Wildman–Crippen LogP) is 3.71. The van der Waals surface area contributed by atoms with Gasteiger partial charge in [0.1, 0.15) is 5.75 Å². The molecule has 0 fully saturated rings. The van der Waals surface area contributed by atoms with Crippen LogP contribution < -0.4 is 15.4 Å². The maximum atomic E-state index is 12.2. The average molecular weight is 391 g/mol. The molecule has 2 N–H and O–H groups in total. The van der Waals surface area contributed by atoms with Crippen LogP contribution in [0.15, 0.2) is 39.2 Å². The molecule has 0 aliphatic rings. The van der Waals surface area contributed by atoms with Gasteiger partial charge in [0.05, 0.1) is 23.7 Å². The topological polar surface area (TPSA) is 102 Å². The fourth-order valence-electron chi connectivity index (χ4n) is 2.02. The maximum absolute atomic E-state index is 12.2. The van der Waals surface area contributed by atoms with Crippen molar-refractivity contribution in [2.24, 2.45) is 0 Å². The van der Waals surface area contributed by atoms with E-state index in [9.17, 15) is 4.79 Å². The second-order valence-electron chi connectivity index (χ2n) is 5.28. The van der Waals surface area contributed by atoms with Crippen LogP contribution in [0.25, 0.3) is 0 Å². The van der Waals surface area contributed by atoms with Gasteiger partial charge in [-0.1, -0.05) is 40.4 Å². The second kappa shape index (κ2) is 8.19. The Bertz CT molecular complexity index is 895. The number of para-hydroxylation sites is 2. The Labute approximate surface area is 158 Å². The van der Waals surface area contributed by atoms with Crippen molar-refractivity contribution in [2.45, 2.75) is 23.4 Å². The summed E-state index contributed by atoms with van der Waals surface area (Å²) < 4.78 is 11.0. The first-order chi connectivity index (χ1) is 12.5. The summed E-state index contributed by atoms with van der Waals surface area (Å²) in [5.41, 5.74) is 1.51. The van der Waals surface area contributed by atoms with Crippen molar-refractivity contribution in [2.75, 3.05) is 17.7 Å². The number of carbonyl (C=O) groups is 1. The Hall–Kier alpha value is -2.59. The van der Waals surface area contributed by atoms with E-state index < -0.39 is 0 Å². The summed E-state index contributed by atoms with van der Waals surface area (Å²) >= 11 is 2.68. The highest BCUT2D eigenvalue weighted by Crippen LogP contribution is 2.33. The van der Waals surface area contributed by atoms with E-state index in [0.717, 1.165) is 5.69 Å². The Morgan fingerprint density at radius 3 is 2.88 bits per heavy atom. The fraction of sp³-hybridized carbons (Fsp3) is 0.250. The molecule has 2 heterocycles. The molecule has 0 aliphatic carbocycles. The molecule has 26 heavy (non-hydrogen) atoms. The van der Waals surface area contributed by atoms with Crippen molar-refractivity contribution in [3.05, 3.63) is 36.0 Å². The standard InChI is InChI=1S/C16H17N5O3S2/c1-9-8-13(24-21-9)18-14(22)10(2)25-16-20-19-15(26-16)17-11-6-4-5-7-12(11)23-3/h4-8,10H,1-3H3,(H,17,19)(H,18,22). The van der Waals surface area contributed by atoms with Gasteiger partial charge in [-0.25, -0.2) is 0 Å². The number of aryl methyl sites for hydroxylation is 1. The number of nitrogens with zero attached hydrogens (tertiary/aromatic N) is 3. The van der Waals surface area contributed by atoms with E-state index in [0.29, 0.717) is 26.8 Å². The lowest BCUT2D eigenvalue weighted by Gasteiger charge is -2.08. The molecular weight excluding hydrogens is 374 g/mol. The number of anilines is 3. The molecule has 136 valence electrons. The lowest BCUT2D eigenvalue weighted by Crippen LogP contribution is -2.22. The van der Waals surface area contributed by atoms with Crippen molar-refractivity contribution in [1.82, 2.24) is 15.4 Å². The second-order valence-corrected chi connectivity index (χ2v) is 7.85. The molecule has 0 aliphatic heterocycles. The molecule has 0 spiro atoms. The molecular formula is C16H17N5O3S2. The lowest BCUT2D eigenvalue weighted by atomic mass is 10.3. The number of carbonyl (C=O) groups excluding carboxylic acids is 1. The molecule has 0 saturated heterocycles. The number of aromatic nitrogens is 3. The van der Waals surface area contributed by atoms with Crippen molar-refractivity contribution in [3.63, 3.8) is 0 Å². The Kier molecular flexibility index (Phi) is 5.74. The van der Waals surface area contributed by atoms with E-state index >= 15 is 0 Å². The molecule has 2 aromatic heterocycles. The summed E-state index contributed by atoms with van der Waals surface area (Å²) in [5.74, 6) is 0.850. The number of hydrogen-bond acceptors (Lipinski definition) is 9. The van der Waals surface area contributed by atoms with E-state index in [1.54, 1.807) is 27.0 Å². The van der Waals surface area contributed by atoms with E-state index in [1.165, 1.54) is 23.1 Å². The summed E-state index contributed by atoms with van der Waals surface area (Å²) in [6.45, 7) is 3.58. The zero-order valence-electron chi connectivity index (χ0n) is 14.3. The largest absolute Gasteiger partial charge is 0.495 e. The number of amides is 1. The zero-order valence-corrected chi connectivity index (χ0v) is 16.0. The highest BCUT2D eigenvalue weighted by Gasteiger charge is 2.19. The summed E-state index contributed by atoms with van der Waals surface area (Å²) in [6, 6.07) is 9.20. The number of benzene rings is 1. The van der Waals surface area contributed by atoms with Gasteiger partial charge in [0.25, 0.3) is 0 Å². The van der Waals surface area contributed by atoms with Gasteiger partial charge in [0.15, 0.2) is 4.34 Å². The minimum Gasteiger partial charge on any atom is -0.495 e. The van der Waals surface area contributed by atoms with Gasteiger partial charge in [-0.15, -0.1) is 10.2 Å². The molecule has 1 aromatic carbocycles. The molecule has 8 nitrogen and oxygen atoms in total. The minimum atomic E-state index is -0.368. The number of thioether (sulfide) groups is 1. The van der Waals surface area contributed by atoms with Gasteiger partial charge in [0, 0.05) is 6.07 Å². The SMILES string of the molecule is COc1ccccc1Nc1nnc(SC(C)C(=O)Nc2cc(C)no2)s1. The Balaban J connectivity index is 1.60. The fourth-order valence-corrected chi connectivity index (χ4v) is 3.93. The van der Waals surface area contributed by atoms with Crippen LogP contribution in [-0.2, 0) is 4.79 Å². The molecule has 10 heteroatoms. The molecule has 1 unspecified atom stereocenters. The average Bonchev–Trinajstić information content (AvgIpc) is 3.24. The van der Waals surface area contributed by atoms with Gasteiger partial charge in [0.2, 0.25) is 16.9 Å². The van der Waals surface area contributed by atoms with Gasteiger partial charge in [-0.2, -0.15) is 0 Å². The van der Waals surface area contributed by atoms with Crippen molar-refractivity contribution in [3.8, 4) is 5.75 Å². The summed E-state index contributed by atoms with van der Waals surface area (Å²) in [7, 11) is 1.61. The van der Waals surface area contributed by atoms with Crippen LogP contribution in [-0.4, -0.2) is 33.6 Å². The molecule has 3 aromatic rings. The predicted molar refractivity (Wildman–Crippen MR) is 101 cm³/mol. The lowest BCUT2D eigenvalue weighted by molar-refractivity contribution is -0.115. The van der Waals surface area contributed by atoms with Crippen LogP contribution >= 0.6 is 23.1 Å². The zero-order chi connectivity index (χ0) is 18.5. The quantitative estimate of drug-likeness (QED) is 0.588. The van der Waals surface area contributed by atoms with Crippen molar-refractivity contribution in [1.29, 1.82) is 0 Å². The van der Waals surface area contributed by atoms with Crippen molar-refractivity contribution >= 4 is 45.7 Å². The Morgan fingerprint density at radius 2 is 2.15 bits per heavy atom. The first kappa shape index (κ1) is 18.2. The third-order valence-corrected chi connectivity index (χ3v) is 5.30. The summed E-state index contributed by atoms with van der Waals surface area (Å²) in [5, 5.41) is 18.1. The number of ether oxygens (including phenoxy) is 1. The summed E-state index contributed by atoms with van der Waals surface area (Å²) in [4.78, 5) is 12.2. The van der Waals surface area contributed by atoms with E-state index in [1.807, 2.05) is 24.3 Å². The van der Waals surface area contributed by atoms with Gasteiger partial charge < -0.3 is 14.6 Å². The van der Waals surface area contributed by atoms with E-state index in [2.05, 4.69) is 26.0 Å². The Morgan fingerprint density at radius 1 is 1.35 bits per heavy atom. The first-order valence-corrected chi connectivity index (χ1v) is 9.39. The smallest absolute Gasteiger partial charge is 0.240 e.